The van der Waals surface area contributed by atoms with E-state index in [0.717, 1.165) is 44.2 Å². The number of fused-ring (bicyclic) bond motifs is 2. The number of rotatable bonds is 7. The van der Waals surface area contributed by atoms with E-state index >= 15 is 0 Å². The van der Waals surface area contributed by atoms with Gasteiger partial charge in [0.25, 0.3) is 0 Å². The number of carbonyl (C=O) groups is 1. The minimum atomic E-state index is -0.245. The number of nitrogens with one attached hydrogen (secondary N) is 1. The topological polar surface area (TPSA) is 83.1 Å². The van der Waals surface area contributed by atoms with Gasteiger partial charge in [-0.05, 0) is 18.4 Å². The van der Waals surface area contributed by atoms with Gasteiger partial charge in [0.2, 0.25) is 11.8 Å². The van der Waals surface area contributed by atoms with Crippen LogP contribution in [0.1, 0.15) is 18.4 Å². The number of anilines is 1. The lowest BCUT2D eigenvalue weighted by molar-refractivity contribution is 0.0682. The molecule has 3 fully saturated rings. The molecule has 0 aliphatic carbocycles. The quantitative estimate of drug-likeness (QED) is 0.681. The van der Waals surface area contributed by atoms with E-state index < -0.39 is 0 Å². The van der Waals surface area contributed by atoms with Gasteiger partial charge in [-0.15, -0.1) is 0 Å². The molecule has 3 aliphatic heterocycles. The number of hydrogen-bond donors (Lipinski definition) is 1. The Balaban J connectivity index is 1.03. The predicted molar refractivity (Wildman–Crippen MR) is 124 cm³/mol. The van der Waals surface area contributed by atoms with Gasteiger partial charge in [0.05, 0.1) is 0 Å². The van der Waals surface area contributed by atoms with E-state index in [0.29, 0.717) is 44.3 Å². The van der Waals surface area contributed by atoms with Gasteiger partial charge < -0.3 is 24.6 Å². The van der Waals surface area contributed by atoms with Gasteiger partial charge in [0.15, 0.2) is 0 Å². The van der Waals surface area contributed by atoms with Crippen LogP contribution in [0.5, 0.6) is 5.88 Å². The normalized spacial score (nSPS) is 22.9. The second-order valence-corrected chi connectivity index (χ2v) is 8.86. The van der Waals surface area contributed by atoms with E-state index in [1.165, 1.54) is 12.8 Å². The summed E-state index contributed by atoms with van der Waals surface area (Å²) in [4.78, 5) is 28.0. The van der Waals surface area contributed by atoms with Crippen molar-refractivity contribution in [3.8, 4) is 5.88 Å². The van der Waals surface area contributed by atoms with E-state index in [-0.39, 0.29) is 6.09 Å². The fraction of sp³-hybridized carbons (Fsp3) is 0.542. The summed E-state index contributed by atoms with van der Waals surface area (Å²) in [6.07, 6.45) is 3.93. The summed E-state index contributed by atoms with van der Waals surface area (Å²) < 4.78 is 11.4. The molecule has 2 unspecified atom stereocenters. The molecule has 2 atom stereocenters. The first-order valence-corrected chi connectivity index (χ1v) is 11.9. The van der Waals surface area contributed by atoms with Gasteiger partial charge in [0.1, 0.15) is 13.2 Å². The summed E-state index contributed by atoms with van der Waals surface area (Å²) in [5.41, 5.74) is 0.999. The van der Waals surface area contributed by atoms with Gasteiger partial charge in [-0.25, -0.2) is 9.78 Å². The largest absolute Gasteiger partial charge is 0.476 e. The summed E-state index contributed by atoms with van der Waals surface area (Å²) in [6, 6.07) is 12.5. The monoisotopic (exact) mass is 452 g/mol. The third kappa shape index (κ3) is 5.36. The highest BCUT2D eigenvalue weighted by atomic mass is 16.6. The summed E-state index contributed by atoms with van der Waals surface area (Å²) in [5.74, 6) is 1.41. The van der Waals surface area contributed by atoms with Crippen LogP contribution in [0.2, 0.25) is 0 Å². The van der Waals surface area contributed by atoms with Crippen molar-refractivity contribution in [2.75, 3.05) is 57.3 Å². The van der Waals surface area contributed by atoms with Crippen LogP contribution in [0.15, 0.2) is 42.6 Å². The molecule has 2 aromatic rings. The van der Waals surface area contributed by atoms with E-state index in [9.17, 15) is 4.79 Å². The molecule has 1 aromatic heterocycles. The molecule has 1 N–H and O–H groups in total. The van der Waals surface area contributed by atoms with Gasteiger partial charge in [0, 0.05) is 70.2 Å². The molecule has 176 valence electrons. The second kappa shape index (κ2) is 10.4. The third-order valence-electron chi connectivity index (χ3n) is 6.72. The molecule has 33 heavy (non-hydrogen) atoms. The van der Waals surface area contributed by atoms with Crippen molar-refractivity contribution in [1.82, 2.24) is 25.1 Å². The molecular weight excluding hydrogens is 420 g/mol. The fourth-order valence-corrected chi connectivity index (χ4v) is 4.89. The molecule has 2 bridgehead atoms. The first-order valence-electron chi connectivity index (χ1n) is 11.9. The highest BCUT2D eigenvalue weighted by Gasteiger charge is 2.38. The number of aromatic nitrogens is 2. The van der Waals surface area contributed by atoms with Crippen LogP contribution in [0, 0.1) is 0 Å². The molecule has 4 heterocycles. The number of nitrogens with zero attached hydrogens (tertiary/aromatic N) is 5. The number of hydrogen-bond acceptors (Lipinski definition) is 8. The molecular formula is C24H32N6O3. The van der Waals surface area contributed by atoms with Crippen molar-refractivity contribution < 1.29 is 14.3 Å². The van der Waals surface area contributed by atoms with Crippen molar-refractivity contribution in [2.45, 2.75) is 31.5 Å². The Morgan fingerprint density at radius 2 is 1.79 bits per heavy atom. The Labute approximate surface area is 194 Å². The van der Waals surface area contributed by atoms with Crippen molar-refractivity contribution in [2.24, 2.45) is 0 Å². The molecule has 3 saturated heterocycles. The van der Waals surface area contributed by atoms with Crippen LogP contribution < -0.4 is 15.0 Å². The summed E-state index contributed by atoms with van der Waals surface area (Å²) in [6.45, 7) is 6.60. The van der Waals surface area contributed by atoms with E-state index in [4.69, 9.17) is 9.47 Å². The maximum absolute atomic E-state index is 12.3. The summed E-state index contributed by atoms with van der Waals surface area (Å²) >= 11 is 0. The Kier molecular flexibility index (Phi) is 6.87. The Morgan fingerprint density at radius 3 is 2.55 bits per heavy atom. The smallest absolute Gasteiger partial charge is 0.410 e. The van der Waals surface area contributed by atoms with Crippen LogP contribution in [-0.2, 0) is 11.3 Å². The van der Waals surface area contributed by atoms with Crippen LogP contribution >= 0.6 is 0 Å². The zero-order chi connectivity index (χ0) is 22.5. The third-order valence-corrected chi connectivity index (χ3v) is 6.72. The van der Waals surface area contributed by atoms with Crippen molar-refractivity contribution >= 4 is 12.0 Å². The van der Waals surface area contributed by atoms with Crippen LogP contribution in [0.25, 0.3) is 0 Å². The SMILES string of the molecule is O=C(OCc1ccccc1)N1CCN(CCOc2ccnc(N3C4CCC3CNC4)n2)CC1. The molecule has 1 amide bonds. The number of ether oxygens (including phenoxy) is 2. The molecule has 9 heteroatoms. The lowest BCUT2D eigenvalue weighted by atomic mass is 10.2. The van der Waals surface area contributed by atoms with Gasteiger partial charge in [-0.2, -0.15) is 4.98 Å². The molecule has 1 aromatic carbocycles. The number of piperazine rings is 2. The number of benzene rings is 1. The standard InChI is InChI=1S/C24H32N6O3/c31-24(33-18-19-4-2-1-3-5-19)29-12-10-28(11-13-29)14-15-32-22-8-9-26-23(27-22)30-20-6-7-21(30)17-25-16-20/h1-5,8-9,20-21,25H,6-7,10-18H2. The van der Waals surface area contributed by atoms with Crippen molar-refractivity contribution in [3.63, 3.8) is 0 Å². The molecule has 5 rings (SSSR count). The Morgan fingerprint density at radius 1 is 1.03 bits per heavy atom. The summed E-state index contributed by atoms with van der Waals surface area (Å²) in [5, 5.41) is 3.49. The minimum absolute atomic E-state index is 0.245. The Hall–Kier alpha value is -2.91. The lowest BCUT2D eigenvalue weighted by Gasteiger charge is -2.35. The molecule has 0 spiro atoms. The zero-order valence-electron chi connectivity index (χ0n) is 18.9. The Bertz CT molecular complexity index is 905. The van der Waals surface area contributed by atoms with E-state index in [1.807, 2.05) is 36.4 Å². The van der Waals surface area contributed by atoms with E-state index in [1.54, 1.807) is 11.1 Å². The van der Waals surface area contributed by atoms with Gasteiger partial charge in [-0.1, -0.05) is 30.3 Å². The first-order chi connectivity index (χ1) is 16.3. The van der Waals surface area contributed by atoms with Gasteiger partial charge >= 0.3 is 6.09 Å². The van der Waals surface area contributed by atoms with Crippen molar-refractivity contribution in [3.05, 3.63) is 48.2 Å². The average Bonchev–Trinajstić information content (AvgIpc) is 3.12. The van der Waals surface area contributed by atoms with Crippen molar-refractivity contribution in [1.29, 1.82) is 0 Å². The molecule has 9 nitrogen and oxygen atoms in total. The van der Waals surface area contributed by atoms with E-state index in [2.05, 4.69) is 25.1 Å². The first kappa shape index (κ1) is 21.9. The second-order valence-electron chi connectivity index (χ2n) is 8.86. The van der Waals surface area contributed by atoms with Crippen LogP contribution in [0.4, 0.5) is 10.7 Å². The summed E-state index contributed by atoms with van der Waals surface area (Å²) in [7, 11) is 0. The highest BCUT2D eigenvalue weighted by Crippen LogP contribution is 2.30. The minimum Gasteiger partial charge on any atom is -0.476 e. The van der Waals surface area contributed by atoms with Crippen LogP contribution in [0.3, 0.4) is 0 Å². The van der Waals surface area contributed by atoms with Gasteiger partial charge in [-0.3, -0.25) is 4.90 Å². The number of carbonyl (C=O) groups excluding carboxylic acids is 1. The maximum atomic E-state index is 12.3. The molecule has 0 radical (unpaired) electrons. The molecule has 3 aliphatic rings. The molecule has 0 saturated carbocycles. The number of amides is 1. The predicted octanol–water partition coefficient (Wildman–Crippen LogP) is 1.75. The highest BCUT2D eigenvalue weighted by molar-refractivity contribution is 5.67. The lowest BCUT2D eigenvalue weighted by Crippen LogP contribution is -2.52. The average molecular weight is 453 g/mol. The van der Waals surface area contributed by atoms with Crippen LogP contribution in [-0.4, -0.2) is 90.4 Å². The maximum Gasteiger partial charge on any atom is 0.410 e. The fourth-order valence-electron chi connectivity index (χ4n) is 4.89. The zero-order valence-corrected chi connectivity index (χ0v) is 18.9.